The molecule has 5 heteroatoms. The lowest BCUT2D eigenvalue weighted by Gasteiger charge is -2.36. The van der Waals surface area contributed by atoms with E-state index in [9.17, 15) is 4.79 Å². The number of nitrogens with zero attached hydrogens (tertiary/aromatic N) is 1. The van der Waals surface area contributed by atoms with Crippen molar-refractivity contribution < 1.29 is 14.3 Å². The highest BCUT2D eigenvalue weighted by atomic mass is 16.5. The second kappa shape index (κ2) is 6.35. The molecule has 2 aliphatic heterocycles. The van der Waals surface area contributed by atoms with Gasteiger partial charge >= 0.3 is 0 Å². The summed E-state index contributed by atoms with van der Waals surface area (Å²) in [5.41, 5.74) is 0.956. The molecular weight excluding hydrogens is 268 g/mol. The minimum Gasteiger partial charge on any atom is -0.477 e. The third-order valence-corrected chi connectivity index (χ3v) is 4.14. The van der Waals surface area contributed by atoms with E-state index < -0.39 is 6.10 Å². The maximum Gasteiger partial charge on any atom is 0.265 e. The van der Waals surface area contributed by atoms with Crippen molar-refractivity contribution in [3.8, 4) is 5.75 Å². The molecule has 2 heterocycles. The van der Waals surface area contributed by atoms with Gasteiger partial charge in [0.15, 0.2) is 6.10 Å². The Hall–Kier alpha value is -1.75. The van der Waals surface area contributed by atoms with E-state index in [0.717, 1.165) is 44.0 Å². The van der Waals surface area contributed by atoms with Crippen molar-refractivity contribution in [2.75, 3.05) is 38.7 Å². The van der Waals surface area contributed by atoms with Crippen LogP contribution < -0.4 is 10.1 Å². The number of hydrogen-bond donors (Lipinski definition) is 1. The average Bonchev–Trinajstić information content (AvgIpc) is 2.54. The molecule has 0 saturated carbocycles. The van der Waals surface area contributed by atoms with Crippen molar-refractivity contribution in [3.05, 3.63) is 24.3 Å². The van der Waals surface area contributed by atoms with Gasteiger partial charge in [-0.05, 0) is 30.9 Å². The molecular formula is C16H22N2O3. The summed E-state index contributed by atoms with van der Waals surface area (Å²) < 4.78 is 11.1. The molecule has 2 unspecified atom stereocenters. The number of nitrogens with one attached hydrogen (secondary N) is 1. The summed E-state index contributed by atoms with van der Waals surface area (Å²) in [6.07, 6.45) is 1.74. The minimum atomic E-state index is -0.429. The van der Waals surface area contributed by atoms with Crippen molar-refractivity contribution in [2.45, 2.75) is 18.9 Å². The second-order valence-electron chi connectivity index (χ2n) is 5.73. The quantitative estimate of drug-likeness (QED) is 0.921. The number of hydrogen-bond acceptors (Lipinski definition) is 4. The molecule has 114 valence electrons. The number of piperidine rings is 1. The van der Waals surface area contributed by atoms with E-state index in [1.165, 1.54) is 0 Å². The van der Waals surface area contributed by atoms with Crippen LogP contribution in [0.25, 0.3) is 0 Å². The molecule has 0 radical (unpaired) electrons. The number of anilines is 1. The first-order valence-electron chi connectivity index (χ1n) is 7.55. The summed E-state index contributed by atoms with van der Waals surface area (Å²) in [5, 5.41) is 3.27. The Morgan fingerprint density at radius 2 is 2.33 bits per heavy atom. The van der Waals surface area contributed by atoms with Crippen molar-refractivity contribution in [1.82, 2.24) is 4.90 Å². The van der Waals surface area contributed by atoms with Gasteiger partial charge in [0.1, 0.15) is 5.75 Å². The number of methoxy groups -OCH3 is 1. The summed E-state index contributed by atoms with van der Waals surface area (Å²) in [7, 11) is 1.71. The molecule has 3 rings (SSSR count). The highest BCUT2D eigenvalue weighted by Crippen LogP contribution is 2.29. The lowest BCUT2D eigenvalue weighted by molar-refractivity contribution is -0.140. The zero-order valence-electron chi connectivity index (χ0n) is 12.4. The molecule has 0 bridgehead atoms. The number of carbonyl (C=O) groups is 1. The van der Waals surface area contributed by atoms with Crippen LogP contribution in [0.4, 0.5) is 5.69 Å². The number of fused-ring (bicyclic) bond motifs is 1. The van der Waals surface area contributed by atoms with Gasteiger partial charge in [-0.3, -0.25) is 4.79 Å². The molecule has 21 heavy (non-hydrogen) atoms. The van der Waals surface area contributed by atoms with E-state index >= 15 is 0 Å². The molecule has 0 aromatic heterocycles. The molecule has 5 nitrogen and oxygen atoms in total. The Kier molecular flexibility index (Phi) is 4.29. The molecule has 1 amide bonds. The van der Waals surface area contributed by atoms with Gasteiger partial charge in [0.05, 0.1) is 18.8 Å². The summed E-state index contributed by atoms with van der Waals surface area (Å²) in [6.45, 7) is 2.84. The fourth-order valence-corrected chi connectivity index (χ4v) is 3.09. The zero-order valence-corrected chi connectivity index (χ0v) is 12.4. The van der Waals surface area contributed by atoms with Crippen LogP contribution in [0.15, 0.2) is 24.3 Å². The van der Waals surface area contributed by atoms with Crippen LogP contribution in [0.3, 0.4) is 0 Å². The van der Waals surface area contributed by atoms with Gasteiger partial charge in [-0.15, -0.1) is 0 Å². The molecule has 1 aromatic carbocycles. The highest BCUT2D eigenvalue weighted by Gasteiger charge is 2.32. The van der Waals surface area contributed by atoms with Gasteiger partial charge < -0.3 is 19.7 Å². The van der Waals surface area contributed by atoms with Crippen molar-refractivity contribution in [1.29, 1.82) is 0 Å². The van der Waals surface area contributed by atoms with E-state index in [-0.39, 0.29) is 5.91 Å². The van der Waals surface area contributed by atoms with Gasteiger partial charge in [0.2, 0.25) is 0 Å². The predicted octanol–water partition coefficient (Wildman–Crippen LogP) is 1.74. The monoisotopic (exact) mass is 290 g/mol. The van der Waals surface area contributed by atoms with Gasteiger partial charge in [-0.25, -0.2) is 0 Å². The van der Waals surface area contributed by atoms with Crippen molar-refractivity contribution in [3.63, 3.8) is 0 Å². The number of ether oxygens (including phenoxy) is 2. The molecule has 2 aliphatic rings. The second-order valence-corrected chi connectivity index (χ2v) is 5.73. The Morgan fingerprint density at radius 3 is 3.19 bits per heavy atom. The molecule has 0 spiro atoms. The maximum atomic E-state index is 12.6. The van der Waals surface area contributed by atoms with Crippen LogP contribution in [-0.4, -0.2) is 50.3 Å². The third kappa shape index (κ3) is 3.13. The number of likely N-dealkylation sites (tertiary alicyclic amines) is 1. The first-order valence-corrected chi connectivity index (χ1v) is 7.55. The van der Waals surface area contributed by atoms with Gasteiger partial charge in [0, 0.05) is 20.2 Å². The van der Waals surface area contributed by atoms with E-state index in [4.69, 9.17) is 9.47 Å². The summed E-state index contributed by atoms with van der Waals surface area (Å²) in [6, 6.07) is 7.73. The third-order valence-electron chi connectivity index (χ3n) is 4.14. The van der Waals surface area contributed by atoms with E-state index in [0.29, 0.717) is 12.5 Å². The highest BCUT2D eigenvalue weighted by molar-refractivity contribution is 5.83. The van der Waals surface area contributed by atoms with Crippen LogP contribution in [0, 0.1) is 5.92 Å². The van der Waals surface area contributed by atoms with Crippen LogP contribution in [0.1, 0.15) is 12.8 Å². The number of carbonyl (C=O) groups excluding carboxylic acids is 1. The van der Waals surface area contributed by atoms with E-state index in [1.54, 1.807) is 7.11 Å². The Balaban J connectivity index is 1.63. The van der Waals surface area contributed by atoms with Gasteiger partial charge in [0.25, 0.3) is 5.91 Å². The molecule has 1 fully saturated rings. The molecule has 2 atom stereocenters. The van der Waals surface area contributed by atoms with E-state index in [2.05, 4.69) is 5.32 Å². The Labute approximate surface area is 125 Å². The minimum absolute atomic E-state index is 0.0813. The molecule has 0 aliphatic carbocycles. The summed E-state index contributed by atoms with van der Waals surface area (Å²) >= 11 is 0. The molecule has 1 saturated heterocycles. The topological polar surface area (TPSA) is 50.8 Å². The number of para-hydroxylation sites is 2. The first-order chi connectivity index (χ1) is 10.3. The largest absolute Gasteiger partial charge is 0.477 e. The number of rotatable bonds is 3. The predicted molar refractivity (Wildman–Crippen MR) is 80.5 cm³/mol. The SMILES string of the molecule is COCC1CCCN(C(=O)C2CNc3ccccc3O2)C1. The summed E-state index contributed by atoms with van der Waals surface area (Å²) in [4.78, 5) is 14.6. The van der Waals surface area contributed by atoms with Crippen molar-refractivity contribution >= 4 is 11.6 Å². The number of amides is 1. The van der Waals surface area contributed by atoms with E-state index in [1.807, 2.05) is 29.2 Å². The normalized spacial score (nSPS) is 24.7. The fourth-order valence-electron chi connectivity index (χ4n) is 3.09. The number of benzene rings is 1. The lowest BCUT2D eigenvalue weighted by Crippen LogP contribution is -2.50. The van der Waals surface area contributed by atoms with Crippen LogP contribution in [-0.2, 0) is 9.53 Å². The van der Waals surface area contributed by atoms with Gasteiger partial charge in [-0.1, -0.05) is 12.1 Å². The molecule has 1 aromatic rings. The maximum absolute atomic E-state index is 12.6. The summed E-state index contributed by atoms with van der Waals surface area (Å²) in [5.74, 6) is 1.28. The lowest BCUT2D eigenvalue weighted by atomic mass is 9.98. The Morgan fingerprint density at radius 1 is 1.48 bits per heavy atom. The first kappa shape index (κ1) is 14.2. The van der Waals surface area contributed by atoms with Crippen LogP contribution in [0.2, 0.25) is 0 Å². The molecule has 1 N–H and O–H groups in total. The smallest absolute Gasteiger partial charge is 0.265 e. The zero-order chi connectivity index (χ0) is 14.7. The fraction of sp³-hybridized carbons (Fsp3) is 0.562. The van der Waals surface area contributed by atoms with Crippen LogP contribution >= 0.6 is 0 Å². The standard InChI is InChI=1S/C16H22N2O3/c1-20-11-12-5-4-8-18(10-12)16(19)15-9-17-13-6-2-3-7-14(13)21-15/h2-3,6-7,12,15,17H,4-5,8-11H2,1H3. The average molecular weight is 290 g/mol. The van der Waals surface area contributed by atoms with Gasteiger partial charge in [-0.2, -0.15) is 0 Å². The van der Waals surface area contributed by atoms with Crippen LogP contribution in [0.5, 0.6) is 5.75 Å². The van der Waals surface area contributed by atoms with Crippen molar-refractivity contribution in [2.24, 2.45) is 5.92 Å². The Bertz CT molecular complexity index is 504.